The smallest absolute Gasteiger partial charge is 0.244 e. The molecule has 10 heteroatoms. The van der Waals surface area contributed by atoms with Crippen LogP contribution < -0.4 is 9.62 Å². The van der Waals surface area contributed by atoms with Gasteiger partial charge >= 0.3 is 0 Å². The number of nitrogens with one attached hydrogen (secondary N) is 1. The first kappa shape index (κ1) is 26.8. The van der Waals surface area contributed by atoms with Gasteiger partial charge in [-0.05, 0) is 47.0 Å². The van der Waals surface area contributed by atoms with Crippen LogP contribution in [0.3, 0.4) is 0 Å². The van der Waals surface area contributed by atoms with Crippen LogP contribution in [0.2, 0.25) is 0 Å². The molecule has 0 aromatic heterocycles. The van der Waals surface area contributed by atoms with E-state index in [-0.39, 0.29) is 23.7 Å². The summed E-state index contributed by atoms with van der Waals surface area (Å²) in [6, 6.07) is 11.6. The van der Waals surface area contributed by atoms with Gasteiger partial charge in [-0.2, -0.15) is 0 Å². The first-order valence-corrected chi connectivity index (χ1v) is 13.1. The van der Waals surface area contributed by atoms with E-state index in [4.69, 9.17) is 0 Å². The lowest BCUT2D eigenvalue weighted by atomic mass is 10.1. The van der Waals surface area contributed by atoms with E-state index < -0.39 is 40.2 Å². The van der Waals surface area contributed by atoms with Crippen molar-refractivity contribution in [3.05, 3.63) is 64.4 Å². The number of hydrogen-bond acceptors (Lipinski definition) is 4. The number of carbonyl (C=O) groups is 2. The van der Waals surface area contributed by atoms with Gasteiger partial charge < -0.3 is 10.2 Å². The summed E-state index contributed by atoms with van der Waals surface area (Å²) < 4.78 is 40.9. The molecule has 2 aromatic carbocycles. The van der Waals surface area contributed by atoms with E-state index in [2.05, 4.69) is 21.2 Å². The topological polar surface area (TPSA) is 86.8 Å². The van der Waals surface area contributed by atoms with Crippen molar-refractivity contribution >= 4 is 43.5 Å². The molecule has 0 bridgehead atoms. The molecule has 0 radical (unpaired) electrons. The zero-order valence-corrected chi connectivity index (χ0v) is 21.5. The highest BCUT2D eigenvalue weighted by molar-refractivity contribution is 9.10. The van der Waals surface area contributed by atoms with Crippen LogP contribution in [0.4, 0.5) is 10.1 Å². The fraction of sp³-hybridized carbons (Fsp3) is 0.391. The Hall–Kier alpha value is -2.46. The lowest BCUT2D eigenvalue weighted by Crippen LogP contribution is -2.51. The summed E-state index contributed by atoms with van der Waals surface area (Å²) in [7, 11) is -3.84. The third-order valence-electron chi connectivity index (χ3n) is 4.95. The predicted octanol–water partition coefficient (Wildman–Crippen LogP) is 3.54. The molecule has 7 nitrogen and oxygen atoms in total. The van der Waals surface area contributed by atoms with Gasteiger partial charge in [0.2, 0.25) is 21.8 Å². The Morgan fingerprint density at radius 3 is 2.24 bits per heavy atom. The van der Waals surface area contributed by atoms with Gasteiger partial charge in [0.25, 0.3) is 0 Å². The summed E-state index contributed by atoms with van der Waals surface area (Å²) in [5, 5.41) is 2.78. The predicted molar refractivity (Wildman–Crippen MR) is 131 cm³/mol. The Morgan fingerprint density at radius 2 is 1.67 bits per heavy atom. The molecular weight excluding hydrogens is 513 g/mol. The molecule has 0 unspecified atom stereocenters. The summed E-state index contributed by atoms with van der Waals surface area (Å²) in [5.74, 6) is -1.35. The lowest BCUT2D eigenvalue weighted by Gasteiger charge is -2.32. The number of halogens is 2. The molecule has 0 aliphatic carbocycles. The van der Waals surface area contributed by atoms with Gasteiger partial charge in [-0.25, -0.2) is 12.8 Å². The summed E-state index contributed by atoms with van der Waals surface area (Å²) in [6.07, 6.45) is 1.000. The average molecular weight is 542 g/mol. The molecule has 0 spiro atoms. The number of rotatable bonds is 10. The maximum atomic E-state index is 14.4. The zero-order valence-electron chi connectivity index (χ0n) is 19.1. The van der Waals surface area contributed by atoms with Crippen LogP contribution in [0.15, 0.2) is 53.0 Å². The van der Waals surface area contributed by atoms with Crippen molar-refractivity contribution < 1.29 is 22.4 Å². The van der Waals surface area contributed by atoms with Crippen LogP contribution in [0.25, 0.3) is 0 Å². The number of sulfonamides is 1. The molecule has 1 atom stereocenters. The van der Waals surface area contributed by atoms with E-state index in [1.54, 1.807) is 30.3 Å². The minimum absolute atomic E-state index is 0.185. The average Bonchev–Trinajstić information content (AvgIpc) is 2.74. The minimum Gasteiger partial charge on any atom is -0.354 e. The first-order valence-electron chi connectivity index (χ1n) is 10.4. The molecule has 0 saturated carbocycles. The van der Waals surface area contributed by atoms with Gasteiger partial charge in [-0.1, -0.05) is 44.2 Å². The lowest BCUT2D eigenvalue weighted by molar-refractivity contribution is -0.139. The quantitative estimate of drug-likeness (QED) is 0.498. The summed E-state index contributed by atoms with van der Waals surface area (Å²) in [5.41, 5.74) is 0.511. The zero-order chi connectivity index (χ0) is 24.8. The van der Waals surface area contributed by atoms with Gasteiger partial charge in [-0.3, -0.25) is 13.9 Å². The number of para-hydroxylation sites is 1. The largest absolute Gasteiger partial charge is 0.354 e. The highest BCUT2D eigenvalue weighted by Gasteiger charge is 2.31. The second kappa shape index (κ2) is 11.6. The number of amides is 2. The van der Waals surface area contributed by atoms with E-state index in [1.165, 1.54) is 30.0 Å². The molecule has 2 aromatic rings. The number of nitrogens with zero attached hydrogens (tertiary/aromatic N) is 2. The van der Waals surface area contributed by atoms with Crippen LogP contribution in [0.1, 0.15) is 26.3 Å². The van der Waals surface area contributed by atoms with Gasteiger partial charge in [0.15, 0.2) is 0 Å². The maximum Gasteiger partial charge on any atom is 0.244 e. The van der Waals surface area contributed by atoms with Gasteiger partial charge in [-0.15, -0.1) is 0 Å². The van der Waals surface area contributed by atoms with E-state index in [0.29, 0.717) is 11.0 Å². The molecule has 0 aliphatic rings. The number of carbonyl (C=O) groups excluding carboxylic acids is 2. The Labute approximate surface area is 203 Å². The van der Waals surface area contributed by atoms with Crippen molar-refractivity contribution in [3.63, 3.8) is 0 Å². The maximum absolute atomic E-state index is 14.4. The molecule has 0 heterocycles. The Morgan fingerprint density at radius 1 is 1.06 bits per heavy atom. The van der Waals surface area contributed by atoms with Crippen molar-refractivity contribution in [1.29, 1.82) is 0 Å². The molecule has 0 saturated heterocycles. The molecule has 2 amide bonds. The van der Waals surface area contributed by atoms with Crippen molar-refractivity contribution in [1.82, 2.24) is 10.2 Å². The molecule has 2 rings (SSSR count). The second-order valence-corrected chi connectivity index (χ2v) is 10.9. The fourth-order valence-electron chi connectivity index (χ4n) is 3.09. The SMILES string of the molecule is CC(C)CNC(=O)[C@@H](C)N(Cc1ccccc1F)C(=O)CN(c1ccccc1Br)S(C)(=O)=O. The van der Waals surface area contributed by atoms with Crippen LogP contribution in [-0.2, 0) is 26.2 Å². The van der Waals surface area contributed by atoms with Crippen molar-refractivity contribution in [2.75, 3.05) is 23.7 Å². The van der Waals surface area contributed by atoms with Crippen molar-refractivity contribution in [2.24, 2.45) is 5.92 Å². The number of anilines is 1. The number of benzene rings is 2. The van der Waals surface area contributed by atoms with Gasteiger partial charge in [0.05, 0.1) is 11.9 Å². The van der Waals surface area contributed by atoms with E-state index in [0.717, 1.165) is 10.6 Å². The van der Waals surface area contributed by atoms with E-state index in [1.807, 2.05) is 13.8 Å². The van der Waals surface area contributed by atoms with Gasteiger partial charge in [0, 0.05) is 23.1 Å². The summed E-state index contributed by atoms with van der Waals surface area (Å²) in [4.78, 5) is 27.3. The second-order valence-electron chi connectivity index (χ2n) is 8.15. The highest BCUT2D eigenvalue weighted by atomic mass is 79.9. The fourth-order valence-corrected chi connectivity index (χ4v) is 4.57. The molecule has 0 aliphatic heterocycles. The third-order valence-corrected chi connectivity index (χ3v) is 6.75. The molecule has 0 fully saturated rings. The molecule has 1 N–H and O–H groups in total. The summed E-state index contributed by atoms with van der Waals surface area (Å²) >= 11 is 3.32. The minimum atomic E-state index is -3.84. The molecule has 180 valence electrons. The Balaban J connectivity index is 2.39. The van der Waals surface area contributed by atoms with Gasteiger partial charge in [0.1, 0.15) is 18.4 Å². The van der Waals surface area contributed by atoms with Crippen molar-refractivity contribution in [3.8, 4) is 0 Å². The first-order chi connectivity index (χ1) is 15.4. The van der Waals surface area contributed by atoms with Crippen LogP contribution >= 0.6 is 15.9 Å². The Kier molecular flexibility index (Phi) is 9.42. The van der Waals surface area contributed by atoms with Crippen LogP contribution in [0, 0.1) is 11.7 Å². The highest BCUT2D eigenvalue weighted by Crippen LogP contribution is 2.28. The van der Waals surface area contributed by atoms with Crippen LogP contribution in [0.5, 0.6) is 0 Å². The Bertz CT molecular complexity index is 1090. The normalized spacial score (nSPS) is 12.3. The molecular formula is C23H29BrFN3O4S. The monoisotopic (exact) mass is 541 g/mol. The van der Waals surface area contributed by atoms with E-state index >= 15 is 0 Å². The third kappa shape index (κ3) is 7.53. The standard InChI is InChI=1S/C23H29BrFN3O4S/c1-16(2)13-26-23(30)17(3)27(14-18-9-5-7-11-20(18)25)22(29)15-28(33(4,31)32)21-12-8-6-10-19(21)24/h5-12,16-17H,13-15H2,1-4H3,(H,26,30)/t17-/m1/s1. The van der Waals surface area contributed by atoms with Crippen LogP contribution in [-0.4, -0.2) is 50.5 Å². The summed E-state index contributed by atoms with van der Waals surface area (Å²) in [6.45, 7) is 5.10. The van der Waals surface area contributed by atoms with E-state index in [9.17, 15) is 22.4 Å². The van der Waals surface area contributed by atoms with Crippen molar-refractivity contribution in [2.45, 2.75) is 33.4 Å². The number of hydrogen-bond donors (Lipinski definition) is 1. The molecule has 33 heavy (non-hydrogen) atoms.